The van der Waals surface area contributed by atoms with Gasteiger partial charge in [-0.3, -0.25) is 4.90 Å². The van der Waals surface area contributed by atoms with E-state index < -0.39 is 11.6 Å². The van der Waals surface area contributed by atoms with Crippen LogP contribution in [0, 0.1) is 6.57 Å². The van der Waals surface area contributed by atoms with E-state index in [9.17, 15) is 9.90 Å². The van der Waals surface area contributed by atoms with Crippen LogP contribution in [0.3, 0.4) is 0 Å². The smallest absolute Gasteiger partial charge is 0.335 e. The molecule has 1 aliphatic rings. The van der Waals surface area contributed by atoms with Crippen LogP contribution in [0.4, 0.5) is 11.4 Å². The Labute approximate surface area is 177 Å². The van der Waals surface area contributed by atoms with Gasteiger partial charge in [0.15, 0.2) is 5.69 Å². The Balaban J connectivity index is 0.00000300. The van der Waals surface area contributed by atoms with Crippen molar-refractivity contribution >= 4 is 29.8 Å². The maximum Gasteiger partial charge on any atom is 0.335 e. The third-order valence-electron chi connectivity index (χ3n) is 5.34. The van der Waals surface area contributed by atoms with E-state index in [4.69, 9.17) is 11.7 Å². The largest absolute Gasteiger partial charge is 0.478 e. The second-order valence-corrected chi connectivity index (χ2v) is 7.49. The first-order valence-corrected chi connectivity index (χ1v) is 9.34. The summed E-state index contributed by atoms with van der Waals surface area (Å²) < 4.78 is 0. The lowest BCUT2D eigenvalue weighted by atomic mass is 9.90. The van der Waals surface area contributed by atoms with Gasteiger partial charge in [-0.15, -0.1) is 12.4 Å². The van der Waals surface area contributed by atoms with E-state index in [2.05, 4.69) is 9.74 Å². The van der Waals surface area contributed by atoms with Gasteiger partial charge in [0.1, 0.15) is 0 Å². The fraction of sp³-hybridized carbons (Fsp3) is 0.364. The van der Waals surface area contributed by atoms with Crippen molar-refractivity contribution in [2.24, 2.45) is 0 Å². The molecule has 0 spiro atoms. The number of piperidine rings is 1. The molecule has 0 radical (unpaired) electrons. The molecular weight excluding hydrogens is 390 g/mol. The van der Waals surface area contributed by atoms with E-state index in [1.165, 1.54) is 5.56 Å². The number of carboxylic acid groups (broad SMARTS) is 1. The van der Waals surface area contributed by atoms with Crippen molar-refractivity contribution in [1.82, 2.24) is 4.90 Å². The molecule has 0 aromatic heterocycles. The molecule has 0 saturated carbocycles. The highest BCUT2D eigenvalue weighted by Crippen LogP contribution is 2.26. The first kappa shape index (κ1) is 22.7. The van der Waals surface area contributed by atoms with E-state index in [1.807, 2.05) is 36.2 Å². The van der Waals surface area contributed by atoms with Crippen LogP contribution in [-0.4, -0.2) is 53.4 Å². The van der Waals surface area contributed by atoms with Crippen molar-refractivity contribution in [2.75, 3.05) is 31.6 Å². The van der Waals surface area contributed by atoms with Crippen LogP contribution < -0.4 is 4.90 Å². The maximum absolute atomic E-state index is 11.0. The molecule has 154 valence electrons. The Kier molecular flexibility index (Phi) is 7.63. The Morgan fingerprint density at radius 3 is 2.24 bits per heavy atom. The topological polar surface area (TPSA) is 68.4 Å². The van der Waals surface area contributed by atoms with Gasteiger partial charge in [0, 0.05) is 38.9 Å². The van der Waals surface area contributed by atoms with Crippen molar-refractivity contribution in [1.29, 1.82) is 0 Å². The van der Waals surface area contributed by atoms with Gasteiger partial charge in [-0.25, -0.2) is 9.64 Å². The lowest BCUT2D eigenvalue weighted by molar-refractivity contribution is -0.0159. The van der Waals surface area contributed by atoms with Crippen molar-refractivity contribution in [2.45, 2.75) is 25.0 Å². The molecule has 2 aromatic carbocycles. The number of likely N-dealkylation sites (N-methyl/N-ethyl adjacent to an activating group) is 1. The van der Waals surface area contributed by atoms with Crippen molar-refractivity contribution in [3.8, 4) is 0 Å². The van der Waals surface area contributed by atoms with E-state index >= 15 is 0 Å². The fourth-order valence-electron chi connectivity index (χ4n) is 3.61. The molecule has 7 heteroatoms. The van der Waals surface area contributed by atoms with Crippen LogP contribution in [0.15, 0.2) is 48.5 Å². The molecule has 6 nitrogen and oxygen atoms in total. The summed E-state index contributed by atoms with van der Waals surface area (Å²) >= 11 is 0. The number of aliphatic hydroxyl groups is 1. The number of rotatable bonds is 6. The number of likely N-dealkylation sites (tertiary alicyclic amines) is 1. The lowest BCUT2D eigenvalue weighted by Crippen LogP contribution is -2.50. The maximum atomic E-state index is 11.0. The summed E-state index contributed by atoms with van der Waals surface area (Å²) in [6.45, 7) is 9.97. The van der Waals surface area contributed by atoms with Crippen LogP contribution in [0.2, 0.25) is 0 Å². The predicted molar refractivity (Wildman–Crippen MR) is 116 cm³/mol. The van der Waals surface area contributed by atoms with E-state index in [0.717, 1.165) is 25.3 Å². The zero-order valence-electron chi connectivity index (χ0n) is 16.4. The zero-order valence-corrected chi connectivity index (χ0v) is 17.2. The van der Waals surface area contributed by atoms with Gasteiger partial charge >= 0.3 is 5.97 Å². The highest BCUT2D eigenvalue weighted by Gasteiger charge is 2.33. The number of nitrogens with zero attached hydrogens (tertiary/aromatic N) is 3. The van der Waals surface area contributed by atoms with Crippen molar-refractivity contribution in [3.63, 3.8) is 0 Å². The summed E-state index contributed by atoms with van der Waals surface area (Å²) in [5.41, 5.74) is 2.21. The molecule has 2 aromatic rings. The highest BCUT2D eigenvalue weighted by molar-refractivity contribution is 5.88. The van der Waals surface area contributed by atoms with Gasteiger partial charge in [-0.05, 0) is 42.7 Å². The first-order valence-electron chi connectivity index (χ1n) is 9.34. The highest BCUT2D eigenvalue weighted by atomic mass is 35.5. The molecule has 3 rings (SSSR count). The summed E-state index contributed by atoms with van der Waals surface area (Å²) in [5.74, 6) is -0.941. The standard InChI is InChI=1S/C22H25N3O3.ClH/c1-23-19-7-3-17(4-8-19)15-25-13-11-22(28,12-14-25)16-24(2)20-9-5-18(6-10-20)21(26)27;/h3-10,28H,11-16H2,2H3,(H,26,27);1H. The predicted octanol–water partition coefficient (Wildman–Crippen LogP) is 3.82. The quantitative estimate of drug-likeness (QED) is 0.702. The number of carbonyl (C=O) groups is 1. The van der Waals surface area contributed by atoms with Gasteiger partial charge in [0.25, 0.3) is 0 Å². The number of aromatic carboxylic acids is 1. The van der Waals surface area contributed by atoms with Crippen LogP contribution in [0.5, 0.6) is 0 Å². The average Bonchev–Trinajstić information content (AvgIpc) is 2.70. The van der Waals surface area contributed by atoms with Gasteiger partial charge in [-0.1, -0.05) is 24.3 Å². The minimum Gasteiger partial charge on any atom is -0.478 e. The van der Waals surface area contributed by atoms with Gasteiger partial charge in [0.2, 0.25) is 0 Å². The molecule has 0 unspecified atom stereocenters. The third-order valence-corrected chi connectivity index (χ3v) is 5.34. The number of carboxylic acids is 1. The van der Waals surface area contributed by atoms with E-state index in [-0.39, 0.29) is 18.0 Å². The van der Waals surface area contributed by atoms with E-state index in [1.54, 1.807) is 24.3 Å². The van der Waals surface area contributed by atoms with Gasteiger partial charge in [0.05, 0.1) is 17.7 Å². The summed E-state index contributed by atoms with van der Waals surface area (Å²) in [6, 6.07) is 14.4. The van der Waals surface area contributed by atoms with Crippen molar-refractivity contribution < 1.29 is 15.0 Å². The molecule has 0 atom stereocenters. The molecule has 2 N–H and O–H groups in total. The number of hydrogen-bond donors (Lipinski definition) is 2. The second-order valence-electron chi connectivity index (χ2n) is 7.49. The molecular formula is C22H26ClN3O3. The lowest BCUT2D eigenvalue weighted by Gasteiger charge is -2.40. The Hall–Kier alpha value is -2.59. The number of benzene rings is 2. The summed E-state index contributed by atoms with van der Waals surface area (Å²) in [5, 5.41) is 20.0. The minimum atomic E-state index is -0.941. The zero-order chi connectivity index (χ0) is 20.1. The second kappa shape index (κ2) is 9.75. The summed E-state index contributed by atoms with van der Waals surface area (Å²) in [7, 11) is 1.92. The Morgan fingerprint density at radius 1 is 1.14 bits per heavy atom. The number of anilines is 1. The van der Waals surface area contributed by atoms with Gasteiger partial charge < -0.3 is 15.1 Å². The van der Waals surface area contributed by atoms with Crippen LogP contribution in [-0.2, 0) is 6.54 Å². The normalized spacial score (nSPS) is 15.8. The fourth-order valence-corrected chi connectivity index (χ4v) is 3.61. The van der Waals surface area contributed by atoms with Crippen LogP contribution >= 0.6 is 12.4 Å². The summed E-state index contributed by atoms with van der Waals surface area (Å²) in [4.78, 5) is 18.7. The molecule has 1 saturated heterocycles. The molecule has 29 heavy (non-hydrogen) atoms. The molecule has 1 fully saturated rings. The molecule has 0 aliphatic carbocycles. The SMILES string of the molecule is Cl.[C-]#[N+]c1ccc(CN2CCC(O)(CN(C)c3ccc(C(=O)O)cc3)CC2)cc1. The number of hydrogen-bond acceptors (Lipinski definition) is 4. The first-order chi connectivity index (χ1) is 13.4. The van der Waals surface area contributed by atoms with Crippen LogP contribution in [0.1, 0.15) is 28.8 Å². The average molecular weight is 416 g/mol. The molecule has 0 amide bonds. The number of halogens is 1. The molecule has 1 aliphatic heterocycles. The third kappa shape index (κ3) is 5.94. The van der Waals surface area contributed by atoms with Crippen LogP contribution in [0.25, 0.3) is 4.85 Å². The van der Waals surface area contributed by atoms with Gasteiger partial charge in [-0.2, -0.15) is 0 Å². The Morgan fingerprint density at radius 2 is 1.72 bits per heavy atom. The molecule has 0 bridgehead atoms. The van der Waals surface area contributed by atoms with E-state index in [0.29, 0.717) is 25.1 Å². The minimum absolute atomic E-state index is 0. The molecule has 1 heterocycles. The monoisotopic (exact) mass is 415 g/mol. The summed E-state index contributed by atoms with van der Waals surface area (Å²) in [6.07, 6.45) is 1.37. The van der Waals surface area contributed by atoms with Crippen molar-refractivity contribution in [3.05, 3.63) is 71.1 Å². The Bertz CT molecular complexity index is 854.